The minimum atomic E-state index is 0.256. The lowest BCUT2D eigenvalue weighted by Crippen LogP contribution is -2.08. The topological polar surface area (TPSA) is 205 Å². The maximum absolute atomic E-state index is 5.89. The van der Waals surface area contributed by atoms with Gasteiger partial charge in [0.2, 0.25) is 35.7 Å². The Bertz CT molecular complexity index is 2620. The fraction of sp³-hybridized carbons (Fsp3) is 0.125. The van der Waals surface area contributed by atoms with Gasteiger partial charge in [0.15, 0.2) is 0 Å². The fourth-order valence-corrected chi connectivity index (χ4v) is 6.60. The van der Waals surface area contributed by atoms with Crippen LogP contribution in [0.3, 0.4) is 0 Å². The third kappa shape index (κ3) is 10.9. The van der Waals surface area contributed by atoms with Crippen molar-refractivity contribution in [2.75, 3.05) is 74.6 Å². The predicted octanol–water partition coefficient (Wildman–Crippen LogP) is 10.2. The maximum Gasteiger partial charge on any atom is 0.233 e. The van der Waals surface area contributed by atoms with E-state index in [9.17, 15) is 0 Å². The number of benzene rings is 6. The summed E-state index contributed by atoms with van der Waals surface area (Å²) in [6, 6.07) is 41.3. The zero-order chi connectivity index (χ0) is 45.8. The van der Waals surface area contributed by atoms with Crippen molar-refractivity contribution < 1.29 is 28.4 Å². The van der Waals surface area contributed by atoms with E-state index in [0.717, 1.165) is 33.9 Å². The van der Waals surface area contributed by atoms with Gasteiger partial charge in [-0.1, -0.05) is 36.4 Å². The molecule has 8 aromatic rings. The molecule has 0 unspecified atom stereocenters. The number of aromatic nitrogens is 6. The Morgan fingerprint density at radius 3 is 0.818 bits per heavy atom. The zero-order valence-corrected chi connectivity index (χ0v) is 36.8. The summed E-state index contributed by atoms with van der Waals surface area (Å²) < 4.78 is 33.4. The quantitative estimate of drug-likeness (QED) is 0.0447. The molecule has 0 fully saturated rings. The first kappa shape index (κ1) is 43.6. The van der Waals surface area contributed by atoms with Gasteiger partial charge in [-0.2, -0.15) is 29.9 Å². The summed E-state index contributed by atoms with van der Waals surface area (Å²) in [7, 11) is 9.63. The molecule has 8 rings (SSSR count). The highest BCUT2D eigenvalue weighted by Crippen LogP contribution is 2.37. The van der Waals surface area contributed by atoms with Gasteiger partial charge in [-0.25, -0.2) is 0 Å². The Balaban J connectivity index is 1.06. The lowest BCUT2D eigenvalue weighted by Gasteiger charge is -2.16. The number of hydrogen-bond acceptors (Lipinski definition) is 18. The molecule has 18 nitrogen and oxygen atoms in total. The van der Waals surface area contributed by atoms with E-state index in [1.54, 1.807) is 42.7 Å². The Labute approximate surface area is 380 Å². The summed E-state index contributed by atoms with van der Waals surface area (Å²) in [6.07, 6.45) is 0. The molecule has 0 spiro atoms. The summed E-state index contributed by atoms with van der Waals surface area (Å²) in [4.78, 5) is 28.0. The summed E-state index contributed by atoms with van der Waals surface area (Å²) in [5.41, 5.74) is 5.84. The van der Waals surface area contributed by atoms with Gasteiger partial charge < -0.3 is 60.3 Å². The van der Waals surface area contributed by atoms with Crippen LogP contribution in [0.4, 0.5) is 69.8 Å². The summed E-state index contributed by atoms with van der Waals surface area (Å²) >= 11 is 0. The van der Waals surface area contributed by atoms with Crippen LogP contribution in [0.1, 0.15) is 0 Å². The molecule has 0 aliphatic heterocycles. The van der Waals surface area contributed by atoms with Crippen molar-refractivity contribution >= 4 is 69.8 Å². The molecule has 0 amide bonds. The number of hydrogen-bond donors (Lipinski definition) is 6. The van der Waals surface area contributed by atoms with Gasteiger partial charge in [0.1, 0.15) is 34.5 Å². The Morgan fingerprint density at radius 2 is 0.561 bits per heavy atom. The van der Waals surface area contributed by atoms with Crippen LogP contribution in [0.5, 0.6) is 34.5 Å². The summed E-state index contributed by atoms with van der Waals surface area (Å²) in [5.74, 6) is 5.45. The average molecular weight is 887 g/mol. The molecular formula is C48H46N12O6. The smallest absolute Gasteiger partial charge is 0.233 e. The standard InChI is InChI=1S/C48H46N12O6/c1-61-35-15-7-11-31(25-35)49-43-55-44(50-32-12-8-16-36(26-32)62-2)58-47(57-43)53-39-21-19-29(23-41(39)65-5)30-20-22-40(42(24-30)66-6)54-48-59-45(51-33-13-9-17-37(27-33)63-3)56-46(60-48)52-34-14-10-18-38(28-34)64-4/h7-28H,1-6H3,(H3,49,50,53,55,57,58)(H3,51,52,54,56,59,60). The van der Waals surface area contributed by atoms with Crippen molar-refractivity contribution in [2.24, 2.45) is 0 Å². The Morgan fingerprint density at radius 1 is 0.288 bits per heavy atom. The van der Waals surface area contributed by atoms with Crippen LogP contribution in [0, 0.1) is 0 Å². The van der Waals surface area contributed by atoms with E-state index in [1.807, 2.05) is 133 Å². The van der Waals surface area contributed by atoms with Gasteiger partial charge in [0.25, 0.3) is 0 Å². The molecule has 18 heteroatoms. The van der Waals surface area contributed by atoms with E-state index >= 15 is 0 Å². The lowest BCUT2D eigenvalue weighted by molar-refractivity contribution is 0.415. The van der Waals surface area contributed by atoms with Crippen LogP contribution in [0.15, 0.2) is 133 Å². The van der Waals surface area contributed by atoms with E-state index in [4.69, 9.17) is 28.4 Å². The molecule has 0 aliphatic rings. The number of methoxy groups -OCH3 is 6. The minimum absolute atomic E-state index is 0.256. The largest absolute Gasteiger partial charge is 0.497 e. The lowest BCUT2D eigenvalue weighted by atomic mass is 10.0. The first-order chi connectivity index (χ1) is 32.3. The highest BCUT2D eigenvalue weighted by Gasteiger charge is 2.16. The molecule has 6 aromatic carbocycles. The van der Waals surface area contributed by atoms with E-state index in [0.29, 0.717) is 45.9 Å². The molecule has 0 atom stereocenters. The predicted molar refractivity (Wildman–Crippen MR) is 256 cm³/mol. The first-order valence-electron chi connectivity index (χ1n) is 20.4. The molecule has 6 N–H and O–H groups in total. The SMILES string of the molecule is COc1cccc(Nc2nc(Nc3cccc(OC)c3)nc(Nc3ccc(-c4ccc(Nc5nc(Nc6cccc(OC)c6)nc(Nc6cccc(OC)c6)n5)c(OC)c4)cc3OC)n2)c1. The molecule has 0 saturated heterocycles. The highest BCUT2D eigenvalue weighted by atomic mass is 16.5. The van der Waals surface area contributed by atoms with E-state index in [1.165, 1.54) is 0 Å². The molecule has 2 aromatic heterocycles. The number of anilines is 12. The van der Waals surface area contributed by atoms with Crippen LogP contribution in [0.2, 0.25) is 0 Å². The monoisotopic (exact) mass is 886 g/mol. The van der Waals surface area contributed by atoms with Crippen LogP contribution in [-0.2, 0) is 0 Å². The second-order valence-corrected chi connectivity index (χ2v) is 14.1. The third-order valence-electron chi connectivity index (χ3n) is 9.80. The van der Waals surface area contributed by atoms with Gasteiger partial charge in [0.05, 0.1) is 54.0 Å². The zero-order valence-electron chi connectivity index (χ0n) is 36.8. The molecule has 0 saturated carbocycles. The van der Waals surface area contributed by atoms with Gasteiger partial charge in [0, 0.05) is 47.0 Å². The molecule has 0 bridgehead atoms. The Hall–Kier alpha value is -9.06. The van der Waals surface area contributed by atoms with Gasteiger partial charge in [-0.3, -0.25) is 0 Å². The van der Waals surface area contributed by atoms with Crippen molar-refractivity contribution in [2.45, 2.75) is 0 Å². The van der Waals surface area contributed by atoms with Crippen LogP contribution in [-0.4, -0.2) is 72.6 Å². The van der Waals surface area contributed by atoms with Gasteiger partial charge in [-0.05, 0) is 83.9 Å². The van der Waals surface area contributed by atoms with Gasteiger partial charge in [-0.15, -0.1) is 0 Å². The number of nitrogens with one attached hydrogen (secondary N) is 6. The average Bonchev–Trinajstić information content (AvgIpc) is 3.34. The first-order valence-corrected chi connectivity index (χ1v) is 20.4. The second kappa shape index (κ2) is 20.4. The van der Waals surface area contributed by atoms with Crippen molar-refractivity contribution in [3.8, 4) is 45.6 Å². The number of ether oxygens (including phenoxy) is 6. The van der Waals surface area contributed by atoms with E-state index in [-0.39, 0.29) is 35.7 Å². The Kier molecular flexibility index (Phi) is 13.5. The van der Waals surface area contributed by atoms with Crippen molar-refractivity contribution in [3.63, 3.8) is 0 Å². The number of rotatable bonds is 19. The molecule has 334 valence electrons. The summed E-state index contributed by atoms with van der Waals surface area (Å²) in [6.45, 7) is 0. The van der Waals surface area contributed by atoms with E-state index < -0.39 is 0 Å². The molecule has 0 aliphatic carbocycles. The third-order valence-corrected chi connectivity index (χ3v) is 9.80. The molecule has 2 heterocycles. The van der Waals surface area contributed by atoms with Crippen LogP contribution >= 0.6 is 0 Å². The fourth-order valence-electron chi connectivity index (χ4n) is 6.60. The van der Waals surface area contributed by atoms with Crippen LogP contribution in [0.25, 0.3) is 11.1 Å². The maximum atomic E-state index is 5.89. The summed E-state index contributed by atoms with van der Waals surface area (Å²) in [5, 5.41) is 19.7. The molecule has 66 heavy (non-hydrogen) atoms. The van der Waals surface area contributed by atoms with Crippen molar-refractivity contribution in [3.05, 3.63) is 133 Å². The van der Waals surface area contributed by atoms with Crippen LogP contribution < -0.4 is 60.3 Å². The second-order valence-electron chi connectivity index (χ2n) is 14.1. The van der Waals surface area contributed by atoms with Crippen molar-refractivity contribution in [1.29, 1.82) is 0 Å². The molecule has 0 radical (unpaired) electrons. The highest BCUT2D eigenvalue weighted by molar-refractivity contribution is 5.77. The van der Waals surface area contributed by atoms with Gasteiger partial charge >= 0.3 is 0 Å². The van der Waals surface area contributed by atoms with Crippen molar-refractivity contribution in [1.82, 2.24) is 29.9 Å². The minimum Gasteiger partial charge on any atom is -0.497 e. The van der Waals surface area contributed by atoms with E-state index in [2.05, 4.69) is 61.8 Å². The normalized spacial score (nSPS) is 10.6. The number of nitrogens with zero attached hydrogens (tertiary/aromatic N) is 6. The molecular weight excluding hydrogens is 841 g/mol.